The number of amides is 2. The molecule has 0 saturated heterocycles. The van der Waals surface area contributed by atoms with Gasteiger partial charge < -0.3 is 9.47 Å². The molecule has 1 aromatic carbocycles. The van der Waals surface area contributed by atoms with Crippen molar-refractivity contribution in [3.05, 3.63) is 47.6 Å². The number of methoxy groups -OCH3 is 1. The molecule has 0 fully saturated rings. The Kier molecular flexibility index (Phi) is 5.26. The zero-order chi connectivity index (χ0) is 17.7. The van der Waals surface area contributed by atoms with Crippen molar-refractivity contribution >= 4 is 29.8 Å². The van der Waals surface area contributed by atoms with Gasteiger partial charge in [-0.05, 0) is 23.8 Å². The van der Waals surface area contributed by atoms with Crippen molar-refractivity contribution in [2.24, 2.45) is 0 Å². The SMILES string of the molecule is COC(=O)c1cc(/C=C/C(=O)N2CC=CC2=O)ccc1OC(C)=O. The summed E-state index contributed by atoms with van der Waals surface area (Å²) in [6.07, 6.45) is 5.61. The van der Waals surface area contributed by atoms with Crippen molar-refractivity contribution in [3.8, 4) is 5.75 Å². The topological polar surface area (TPSA) is 90.0 Å². The normalized spacial score (nSPS) is 13.4. The summed E-state index contributed by atoms with van der Waals surface area (Å²) in [4.78, 5) is 47.3. The van der Waals surface area contributed by atoms with Gasteiger partial charge in [-0.2, -0.15) is 0 Å². The van der Waals surface area contributed by atoms with Crippen molar-refractivity contribution in [1.29, 1.82) is 0 Å². The summed E-state index contributed by atoms with van der Waals surface area (Å²) in [6.45, 7) is 1.45. The van der Waals surface area contributed by atoms with Gasteiger partial charge in [-0.25, -0.2) is 4.79 Å². The maximum Gasteiger partial charge on any atom is 0.341 e. The van der Waals surface area contributed by atoms with E-state index < -0.39 is 17.8 Å². The minimum absolute atomic E-state index is 0.0567. The van der Waals surface area contributed by atoms with Crippen molar-refractivity contribution in [3.63, 3.8) is 0 Å². The summed E-state index contributed by atoms with van der Waals surface area (Å²) in [7, 11) is 1.21. The van der Waals surface area contributed by atoms with E-state index in [1.165, 1.54) is 44.4 Å². The van der Waals surface area contributed by atoms with Gasteiger partial charge in [0.2, 0.25) is 0 Å². The molecular weight excluding hydrogens is 314 g/mol. The molecule has 1 aromatic rings. The summed E-state index contributed by atoms with van der Waals surface area (Å²) in [5.41, 5.74) is 0.570. The number of nitrogens with zero attached hydrogens (tertiary/aromatic N) is 1. The van der Waals surface area contributed by atoms with Crippen LogP contribution in [0.2, 0.25) is 0 Å². The molecule has 2 rings (SSSR count). The average molecular weight is 329 g/mol. The van der Waals surface area contributed by atoms with E-state index in [0.717, 1.165) is 4.90 Å². The lowest BCUT2D eigenvalue weighted by molar-refractivity contribution is -0.137. The van der Waals surface area contributed by atoms with Crippen LogP contribution in [0.3, 0.4) is 0 Å². The van der Waals surface area contributed by atoms with Crippen LogP contribution >= 0.6 is 0 Å². The molecule has 0 bridgehead atoms. The lowest BCUT2D eigenvalue weighted by Gasteiger charge is -2.10. The fourth-order valence-corrected chi connectivity index (χ4v) is 2.06. The number of rotatable bonds is 4. The van der Waals surface area contributed by atoms with Gasteiger partial charge in [0.15, 0.2) is 0 Å². The second-order valence-corrected chi connectivity index (χ2v) is 4.86. The van der Waals surface area contributed by atoms with Gasteiger partial charge >= 0.3 is 11.9 Å². The van der Waals surface area contributed by atoms with E-state index >= 15 is 0 Å². The first-order valence-corrected chi connectivity index (χ1v) is 7.03. The van der Waals surface area contributed by atoms with Crippen LogP contribution < -0.4 is 4.74 Å². The minimum atomic E-state index is -0.674. The summed E-state index contributed by atoms with van der Waals surface area (Å²) in [6, 6.07) is 4.43. The highest BCUT2D eigenvalue weighted by Crippen LogP contribution is 2.22. The Bertz CT molecular complexity index is 762. The van der Waals surface area contributed by atoms with E-state index in [-0.39, 0.29) is 23.8 Å². The summed E-state index contributed by atoms with van der Waals surface area (Å²) in [5, 5.41) is 0. The fourth-order valence-electron chi connectivity index (χ4n) is 2.06. The molecule has 0 spiro atoms. The van der Waals surface area contributed by atoms with Crippen molar-refractivity contribution in [2.75, 3.05) is 13.7 Å². The van der Waals surface area contributed by atoms with Crippen LogP contribution in [0.4, 0.5) is 0 Å². The molecule has 0 radical (unpaired) electrons. The third kappa shape index (κ3) is 3.95. The quantitative estimate of drug-likeness (QED) is 0.470. The van der Waals surface area contributed by atoms with Crippen molar-refractivity contribution in [2.45, 2.75) is 6.92 Å². The number of hydrogen-bond donors (Lipinski definition) is 0. The number of carbonyl (C=O) groups excluding carboxylic acids is 4. The molecule has 24 heavy (non-hydrogen) atoms. The van der Waals surface area contributed by atoms with Gasteiger partial charge in [-0.3, -0.25) is 19.3 Å². The fraction of sp³-hybridized carbons (Fsp3) is 0.176. The van der Waals surface area contributed by atoms with Crippen LogP contribution in [-0.2, 0) is 19.1 Å². The Morgan fingerprint density at radius 1 is 1.25 bits per heavy atom. The monoisotopic (exact) mass is 329 g/mol. The summed E-state index contributed by atoms with van der Waals surface area (Å²) >= 11 is 0. The molecule has 1 aliphatic heterocycles. The number of hydrogen-bond acceptors (Lipinski definition) is 6. The lowest BCUT2D eigenvalue weighted by atomic mass is 10.1. The molecule has 7 nitrogen and oxygen atoms in total. The predicted octanol–water partition coefficient (Wildman–Crippen LogP) is 1.34. The number of benzene rings is 1. The van der Waals surface area contributed by atoms with Gasteiger partial charge in [0.25, 0.3) is 11.8 Å². The first-order valence-electron chi connectivity index (χ1n) is 7.03. The van der Waals surface area contributed by atoms with Crippen LogP contribution in [0, 0.1) is 0 Å². The van der Waals surface area contributed by atoms with Crippen LogP contribution in [0.15, 0.2) is 36.4 Å². The highest BCUT2D eigenvalue weighted by molar-refractivity contribution is 6.08. The highest BCUT2D eigenvalue weighted by Gasteiger charge is 2.20. The number of esters is 2. The minimum Gasteiger partial charge on any atom is -0.465 e. The van der Waals surface area contributed by atoms with Crippen LogP contribution in [0.25, 0.3) is 6.08 Å². The van der Waals surface area contributed by atoms with Crippen molar-refractivity contribution in [1.82, 2.24) is 4.90 Å². The van der Waals surface area contributed by atoms with E-state index in [1.54, 1.807) is 12.1 Å². The van der Waals surface area contributed by atoms with E-state index in [2.05, 4.69) is 4.74 Å². The van der Waals surface area contributed by atoms with E-state index in [1.807, 2.05) is 0 Å². The Morgan fingerprint density at radius 2 is 2.00 bits per heavy atom. The Balaban J connectivity index is 2.23. The Labute approximate surface area is 138 Å². The van der Waals surface area contributed by atoms with Gasteiger partial charge in [0.05, 0.1) is 7.11 Å². The number of imide groups is 1. The highest BCUT2D eigenvalue weighted by atomic mass is 16.5. The predicted molar refractivity (Wildman–Crippen MR) is 84.0 cm³/mol. The first-order chi connectivity index (χ1) is 11.4. The maximum absolute atomic E-state index is 11.9. The molecule has 0 aliphatic carbocycles. The summed E-state index contributed by atoms with van der Waals surface area (Å²) in [5.74, 6) is -2.01. The second-order valence-electron chi connectivity index (χ2n) is 4.86. The van der Waals surface area contributed by atoms with E-state index in [0.29, 0.717) is 5.56 Å². The average Bonchev–Trinajstić information content (AvgIpc) is 2.98. The second kappa shape index (κ2) is 7.36. The van der Waals surface area contributed by atoms with Gasteiger partial charge in [-0.15, -0.1) is 0 Å². The smallest absolute Gasteiger partial charge is 0.341 e. The lowest BCUT2D eigenvalue weighted by Crippen LogP contribution is -2.30. The molecule has 2 amide bonds. The molecule has 1 heterocycles. The van der Waals surface area contributed by atoms with Crippen LogP contribution in [-0.4, -0.2) is 42.3 Å². The molecule has 0 saturated carbocycles. The molecule has 0 atom stereocenters. The molecular formula is C17H15NO6. The third-order valence-electron chi connectivity index (χ3n) is 3.16. The zero-order valence-electron chi connectivity index (χ0n) is 13.1. The summed E-state index contributed by atoms with van der Waals surface area (Å²) < 4.78 is 9.60. The van der Waals surface area contributed by atoms with Gasteiger partial charge in [0.1, 0.15) is 11.3 Å². The van der Waals surface area contributed by atoms with E-state index in [4.69, 9.17) is 4.74 Å². The Hall–Kier alpha value is -3.22. The number of carbonyl (C=O) groups is 4. The van der Waals surface area contributed by atoms with E-state index in [9.17, 15) is 19.2 Å². The molecule has 0 aromatic heterocycles. The maximum atomic E-state index is 11.9. The molecule has 1 aliphatic rings. The van der Waals surface area contributed by atoms with Crippen LogP contribution in [0.5, 0.6) is 5.75 Å². The molecule has 0 N–H and O–H groups in total. The first kappa shape index (κ1) is 17.1. The zero-order valence-corrected chi connectivity index (χ0v) is 13.1. The molecule has 7 heteroatoms. The standard InChI is InChI=1S/C17H15NO6/c1-11(19)24-14-7-5-12(10-13(14)17(22)23-2)6-8-16(21)18-9-3-4-15(18)20/h3-8,10H,9H2,1-2H3/b8-6+. The number of ether oxygens (including phenoxy) is 2. The van der Waals surface area contributed by atoms with Gasteiger partial charge in [-0.1, -0.05) is 12.1 Å². The molecule has 124 valence electrons. The third-order valence-corrected chi connectivity index (χ3v) is 3.16. The van der Waals surface area contributed by atoms with Gasteiger partial charge in [0, 0.05) is 25.6 Å². The van der Waals surface area contributed by atoms with Crippen LogP contribution in [0.1, 0.15) is 22.8 Å². The van der Waals surface area contributed by atoms with Crippen molar-refractivity contribution < 1.29 is 28.7 Å². The molecule has 0 unspecified atom stereocenters. The Morgan fingerprint density at radius 3 is 2.58 bits per heavy atom. The largest absolute Gasteiger partial charge is 0.465 e.